The van der Waals surface area contributed by atoms with Crippen molar-refractivity contribution in [3.8, 4) is 0 Å². The third kappa shape index (κ3) is 6.83. The predicted molar refractivity (Wildman–Crippen MR) is 122 cm³/mol. The number of allylic oxidation sites excluding steroid dienone is 1. The van der Waals surface area contributed by atoms with Crippen molar-refractivity contribution in [3.63, 3.8) is 0 Å². The minimum absolute atomic E-state index is 0.0886. The summed E-state index contributed by atoms with van der Waals surface area (Å²) in [6, 6.07) is 7.00. The molecular weight excluding hydrogens is 386 g/mol. The molecule has 1 atom stereocenters. The summed E-state index contributed by atoms with van der Waals surface area (Å²) in [6.45, 7) is 19.5. The van der Waals surface area contributed by atoms with E-state index in [1.54, 1.807) is 16.4 Å². The molecule has 0 radical (unpaired) electrons. The normalized spacial score (nSPS) is 14.3. The SMILES string of the molecule is C=CCCC[C@H](C)N(CCO[Si](C)(C)C(C)(C)C)S(=O)(=O)c1ccc(C)cc1. The first-order valence-electron chi connectivity index (χ1n) is 10.2. The average molecular weight is 426 g/mol. The number of nitrogens with zero attached hydrogens (tertiary/aromatic N) is 1. The van der Waals surface area contributed by atoms with Crippen molar-refractivity contribution in [2.45, 2.75) is 83.0 Å². The number of hydrogen-bond donors (Lipinski definition) is 0. The molecule has 0 unspecified atom stereocenters. The highest BCUT2D eigenvalue weighted by molar-refractivity contribution is 7.89. The van der Waals surface area contributed by atoms with Crippen molar-refractivity contribution in [1.82, 2.24) is 4.31 Å². The standard InChI is InChI=1S/C22H39NO3SSi/c1-9-10-11-12-20(3)23(17-18-26-28(7,8)22(4,5)6)27(24,25)21-15-13-19(2)14-16-21/h9,13-16,20H,1,10-12,17-18H2,2-8H3/t20-/m0/s1. The van der Waals surface area contributed by atoms with Crippen molar-refractivity contribution in [3.05, 3.63) is 42.5 Å². The maximum atomic E-state index is 13.3. The highest BCUT2D eigenvalue weighted by Crippen LogP contribution is 2.36. The third-order valence-corrected chi connectivity index (χ3v) is 12.3. The molecule has 4 nitrogen and oxygen atoms in total. The van der Waals surface area contributed by atoms with Crippen LogP contribution >= 0.6 is 0 Å². The van der Waals surface area contributed by atoms with Gasteiger partial charge in [0, 0.05) is 19.2 Å². The molecule has 0 aliphatic heterocycles. The highest BCUT2D eigenvalue weighted by atomic mass is 32.2. The summed E-state index contributed by atoms with van der Waals surface area (Å²) in [5.41, 5.74) is 1.05. The van der Waals surface area contributed by atoms with Crippen LogP contribution in [0.3, 0.4) is 0 Å². The molecule has 0 fully saturated rings. The third-order valence-electron chi connectivity index (χ3n) is 5.73. The molecule has 6 heteroatoms. The van der Waals surface area contributed by atoms with E-state index >= 15 is 0 Å². The van der Waals surface area contributed by atoms with E-state index in [2.05, 4.69) is 40.4 Å². The molecule has 1 rings (SSSR count). The van der Waals surface area contributed by atoms with Crippen LogP contribution in [-0.2, 0) is 14.4 Å². The zero-order valence-corrected chi connectivity index (χ0v) is 20.6. The van der Waals surface area contributed by atoms with E-state index in [9.17, 15) is 8.42 Å². The summed E-state index contributed by atoms with van der Waals surface area (Å²) < 4.78 is 34.5. The lowest BCUT2D eigenvalue weighted by molar-refractivity contribution is 0.226. The first-order valence-corrected chi connectivity index (χ1v) is 14.5. The Bertz CT molecular complexity index is 721. The van der Waals surface area contributed by atoms with E-state index in [1.165, 1.54) is 0 Å². The Morgan fingerprint density at radius 3 is 2.29 bits per heavy atom. The van der Waals surface area contributed by atoms with Crippen LogP contribution in [0.5, 0.6) is 0 Å². The molecule has 1 aromatic carbocycles. The quantitative estimate of drug-likeness (QED) is 0.257. The molecule has 0 heterocycles. The van der Waals surface area contributed by atoms with Crippen LogP contribution in [0.25, 0.3) is 0 Å². The monoisotopic (exact) mass is 425 g/mol. The Hall–Kier alpha value is -0.953. The number of aryl methyl sites for hydroxylation is 1. The number of unbranched alkanes of at least 4 members (excludes halogenated alkanes) is 1. The van der Waals surface area contributed by atoms with Gasteiger partial charge in [0.2, 0.25) is 10.0 Å². The molecule has 0 aromatic heterocycles. The van der Waals surface area contributed by atoms with Gasteiger partial charge >= 0.3 is 0 Å². The molecule has 0 N–H and O–H groups in total. The van der Waals surface area contributed by atoms with Crippen LogP contribution in [0.4, 0.5) is 0 Å². The van der Waals surface area contributed by atoms with Crippen LogP contribution in [0.2, 0.25) is 18.1 Å². The fourth-order valence-electron chi connectivity index (χ4n) is 2.73. The summed E-state index contributed by atoms with van der Waals surface area (Å²) in [7, 11) is -5.48. The summed E-state index contributed by atoms with van der Waals surface area (Å²) in [5.74, 6) is 0. The van der Waals surface area contributed by atoms with Gasteiger partial charge in [0.05, 0.1) is 4.90 Å². The molecule has 28 heavy (non-hydrogen) atoms. The van der Waals surface area contributed by atoms with Crippen molar-refractivity contribution < 1.29 is 12.8 Å². The summed E-state index contributed by atoms with van der Waals surface area (Å²) in [6.07, 6.45) is 4.50. The zero-order valence-electron chi connectivity index (χ0n) is 18.8. The van der Waals surface area contributed by atoms with Crippen LogP contribution in [0.1, 0.15) is 52.5 Å². The summed E-state index contributed by atoms with van der Waals surface area (Å²) in [4.78, 5) is 0.348. The number of sulfonamides is 1. The maximum Gasteiger partial charge on any atom is 0.243 e. The van der Waals surface area contributed by atoms with Gasteiger partial charge in [-0.1, -0.05) is 44.5 Å². The van der Waals surface area contributed by atoms with Crippen LogP contribution in [0.15, 0.2) is 41.8 Å². The predicted octanol–water partition coefficient (Wildman–Crippen LogP) is 5.75. The smallest absolute Gasteiger partial charge is 0.243 e. The number of rotatable bonds is 11. The fourth-order valence-corrected chi connectivity index (χ4v) is 5.41. The Kier molecular flexibility index (Phi) is 9.13. The number of hydrogen-bond acceptors (Lipinski definition) is 3. The largest absolute Gasteiger partial charge is 0.415 e. The minimum atomic E-state index is -3.56. The van der Waals surface area contributed by atoms with Gasteiger partial charge in [0.25, 0.3) is 0 Å². The van der Waals surface area contributed by atoms with Crippen molar-refractivity contribution >= 4 is 18.3 Å². The van der Waals surface area contributed by atoms with E-state index in [4.69, 9.17) is 4.43 Å². The second kappa shape index (κ2) is 10.2. The molecule has 160 valence electrons. The Labute approximate surface area is 174 Å². The van der Waals surface area contributed by atoms with E-state index in [1.807, 2.05) is 32.1 Å². The molecule has 0 spiro atoms. The van der Waals surface area contributed by atoms with E-state index < -0.39 is 18.3 Å². The van der Waals surface area contributed by atoms with Crippen LogP contribution < -0.4 is 0 Å². The lowest BCUT2D eigenvalue weighted by Crippen LogP contribution is -2.45. The van der Waals surface area contributed by atoms with Crippen molar-refractivity contribution in [2.24, 2.45) is 0 Å². The van der Waals surface area contributed by atoms with Gasteiger partial charge < -0.3 is 4.43 Å². The van der Waals surface area contributed by atoms with Gasteiger partial charge in [-0.2, -0.15) is 4.31 Å². The number of benzene rings is 1. The maximum absolute atomic E-state index is 13.3. The lowest BCUT2D eigenvalue weighted by Gasteiger charge is -2.37. The van der Waals surface area contributed by atoms with Gasteiger partial charge in [-0.25, -0.2) is 8.42 Å². The second-order valence-electron chi connectivity index (χ2n) is 9.11. The molecule has 0 saturated carbocycles. The lowest BCUT2D eigenvalue weighted by atomic mass is 10.1. The minimum Gasteiger partial charge on any atom is -0.415 e. The molecule has 1 aromatic rings. The topological polar surface area (TPSA) is 46.6 Å². The van der Waals surface area contributed by atoms with Gasteiger partial charge in [-0.3, -0.25) is 0 Å². The summed E-state index contributed by atoms with van der Waals surface area (Å²) >= 11 is 0. The molecule has 0 saturated heterocycles. The Morgan fingerprint density at radius 2 is 1.79 bits per heavy atom. The van der Waals surface area contributed by atoms with Crippen molar-refractivity contribution in [2.75, 3.05) is 13.2 Å². The first kappa shape index (κ1) is 25.1. The van der Waals surface area contributed by atoms with Crippen molar-refractivity contribution in [1.29, 1.82) is 0 Å². The molecule has 0 aliphatic carbocycles. The fraction of sp³-hybridized carbons (Fsp3) is 0.636. The summed E-state index contributed by atoms with van der Waals surface area (Å²) in [5, 5.41) is 0.100. The molecular formula is C22H39NO3SSi. The molecule has 0 bridgehead atoms. The zero-order chi connectivity index (χ0) is 21.6. The van der Waals surface area contributed by atoms with E-state index in [0.717, 1.165) is 24.8 Å². The molecule has 0 amide bonds. The Balaban J connectivity index is 3.01. The Morgan fingerprint density at radius 1 is 1.21 bits per heavy atom. The van der Waals surface area contributed by atoms with Gasteiger partial charge in [-0.15, -0.1) is 6.58 Å². The highest BCUT2D eigenvalue weighted by Gasteiger charge is 2.37. The van der Waals surface area contributed by atoms with Gasteiger partial charge in [-0.05, 0) is 63.4 Å². The van der Waals surface area contributed by atoms with E-state index in [0.29, 0.717) is 18.0 Å². The van der Waals surface area contributed by atoms with Crippen LogP contribution in [-0.4, -0.2) is 40.2 Å². The van der Waals surface area contributed by atoms with Gasteiger partial charge in [0.1, 0.15) is 0 Å². The average Bonchev–Trinajstić information content (AvgIpc) is 2.58. The molecule has 0 aliphatic rings. The van der Waals surface area contributed by atoms with Gasteiger partial charge in [0.15, 0.2) is 8.32 Å². The van der Waals surface area contributed by atoms with Crippen LogP contribution in [0, 0.1) is 6.92 Å². The van der Waals surface area contributed by atoms with E-state index in [-0.39, 0.29) is 11.1 Å². The second-order valence-corrected chi connectivity index (χ2v) is 15.8. The first-order chi connectivity index (χ1) is 12.8.